The van der Waals surface area contributed by atoms with Crippen molar-refractivity contribution in [3.05, 3.63) is 73.3 Å². The van der Waals surface area contributed by atoms with Crippen molar-refractivity contribution in [3.8, 4) is 0 Å². The number of nitro groups is 2. The Labute approximate surface area is 136 Å². The van der Waals surface area contributed by atoms with E-state index in [1.165, 1.54) is 11.8 Å². The quantitative estimate of drug-likeness (QED) is 0.636. The number of carbonyl (C=O) groups excluding carboxylic acids is 1. The molecule has 8 nitrogen and oxygen atoms in total. The summed E-state index contributed by atoms with van der Waals surface area (Å²) in [6, 6.07) is 9.35. The molecule has 0 aromatic heterocycles. The number of non-ortho nitro benzene ring substituents is 1. The van der Waals surface area contributed by atoms with Crippen molar-refractivity contribution >= 4 is 23.0 Å². The lowest BCUT2D eigenvalue weighted by atomic mass is 10.0. The molecule has 1 aliphatic heterocycles. The molecule has 1 heterocycles. The second kappa shape index (κ2) is 5.73. The van der Waals surface area contributed by atoms with Crippen LogP contribution in [0.3, 0.4) is 0 Å². The Kier molecular flexibility index (Phi) is 3.72. The molecule has 8 heteroatoms. The van der Waals surface area contributed by atoms with Crippen LogP contribution in [0.5, 0.6) is 0 Å². The van der Waals surface area contributed by atoms with Crippen LogP contribution >= 0.6 is 0 Å². The smallest absolute Gasteiger partial charge is 0.279 e. The molecule has 122 valence electrons. The minimum atomic E-state index is -0.735. The van der Waals surface area contributed by atoms with Crippen molar-refractivity contribution in [1.29, 1.82) is 0 Å². The van der Waals surface area contributed by atoms with E-state index in [9.17, 15) is 25.0 Å². The van der Waals surface area contributed by atoms with Gasteiger partial charge in [-0.1, -0.05) is 18.2 Å². The summed E-state index contributed by atoms with van der Waals surface area (Å²) in [7, 11) is 0. The molecule has 2 aromatic rings. The summed E-state index contributed by atoms with van der Waals surface area (Å²) in [5.41, 5.74) is 0.940. The van der Waals surface area contributed by atoms with Gasteiger partial charge in [-0.2, -0.15) is 0 Å². The normalized spacial score (nSPS) is 12.8. The number of para-hydroxylation sites is 1. The maximum Gasteiger partial charge on any atom is 0.279 e. The van der Waals surface area contributed by atoms with Crippen LogP contribution in [0.15, 0.2) is 36.4 Å². The first kappa shape index (κ1) is 15.6. The van der Waals surface area contributed by atoms with Crippen LogP contribution in [0.25, 0.3) is 0 Å². The van der Waals surface area contributed by atoms with E-state index in [0.29, 0.717) is 13.0 Å². The second-order valence-corrected chi connectivity index (χ2v) is 5.49. The molecule has 0 saturated heterocycles. The third-order valence-corrected chi connectivity index (χ3v) is 4.14. The maximum atomic E-state index is 12.9. The molecule has 0 bridgehead atoms. The minimum absolute atomic E-state index is 0.0207. The van der Waals surface area contributed by atoms with Crippen LogP contribution < -0.4 is 4.90 Å². The van der Waals surface area contributed by atoms with Gasteiger partial charge in [-0.25, -0.2) is 0 Å². The van der Waals surface area contributed by atoms with Gasteiger partial charge in [-0.05, 0) is 25.0 Å². The molecule has 0 unspecified atom stereocenters. The summed E-state index contributed by atoms with van der Waals surface area (Å²) >= 11 is 0. The van der Waals surface area contributed by atoms with Crippen LogP contribution in [0.4, 0.5) is 17.1 Å². The van der Waals surface area contributed by atoms with E-state index in [0.717, 1.165) is 23.4 Å². The van der Waals surface area contributed by atoms with Gasteiger partial charge in [0.25, 0.3) is 17.3 Å². The second-order valence-electron chi connectivity index (χ2n) is 5.49. The highest BCUT2D eigenvalue weighted by Crippen LogP contribution is 2.33. The fourth-order valence-electron chi connectivity index (χ4n) is 2.90. The van der Waals surface area contributed by atoms with Gasteiger partial charge in [0.05, 0.1) is 21.5 Å². The van der Waals surface area contributed by atoms with Crippen LogP contribution in [0, 0.1) is 27.2 Å². The number of nitrogens with zero attached hydrogens (tertiary/aromatic N) is 3. The van der Waals surface area contributed by atoms with Crippen molar-refractivity contribution in [2.75, 3.05) is 11.4 Å². The molecule has 0 aliphatic carbocycles. The van der Waals surface area contributed by atoms with Gasteiger partial charge in [0.15, 0.2) is 0 Å². The van der Waals surface area contributed by atoms with Crippen LogP contribution in [-0.2, 0) is 6.42 Å². The Bertz CT molecular complexity index is 878. The Hall–Kier alpha value is -3.29. The summed E-state index contributed by atoms with van der Waals surface area (Å²) in [5, 5.41) is 22.2. The minimum Gasteiger partial charge on any atom is -0.308 e. The van der Waals surface area contributed by atoms with Gasteiger partial charge >= 0.3 is 0 Å². The van der Waals surface area contributed by atoms with Crippen molar-refractivity contribution < 1.29 is 14.6 Å². The predicted octanol–water partition coefficient (Wildman–Crippen LogP) is 3.01. The Balaban J connectivity index is 2.11. The topological polar surface area (TPSA) is 107 Å². The highest BCUT2D eigenvalue weighted by atomic mass is 16.6. The molecule has 0 N–H and O–H groups in total. The van der Waals surface area contributed by atoms with Gasteiger partial charge < -0.3 is 4.90 Å². The lowest BCUT2D eigenvalue weighted by Gasteiger charge is -2.18. The van der Waals surface area contributed by atoms with Crippen molar-refractivity contribution in [3.63, 3.8) is 0 Å². The first-order chi connectivity index (χ1) is 11.4. The zero-order chi connectivity index (χ0) is 17.4. The molecule has 1 amide bonds. The third-order valence-electron chi connectivity index (χ3n) is 4.14. The average molecular weight is 327 g/mol. The monoisotopic (exact) mass is 327 g/mol. The SMILES string of the molecule is Cc1c(C(=O)N2CCc3ccccc32)cc([N+](=O)[O-])cc1[N+](=O)[O-]. The van der Waals surface area contributed by atoms with Crippen molar-refractivity contribution in [2.45, 2.75) is 13.3 Å². The number of rotatable bonds is 3. The Morgan fingerprint density at radius 3 is 2.50 bits per heavy atom. The maximum absolute atomic E-state index is 12.9. The zero-order valence-corrected chi connectivity index (χ0v) is 12.8. The molecular weight excluding hydrogens is 314 g/mol. The van der Waals surface area contributed by atoms with Gasteiger partial charge in [0.2, 0.25) is 0 Å². The van der Waals surface area contributed by atoms with E-state index in [4.69, 9.17) is 0 Å². The fraction of sp³-hybridized carbons (Fsp3) is 0.188. The van der Waals surface area contributed by atoms with Gasteiger partial charge in [0, 0.05) is 23.9 Å². The molecule has 2 aromatic carbocycles. The van der Waals surface area contributed by atoms with Crippen molar-refractivity contribution in [2.24, 2.45) is 0 Å². The third kappa shape index (κ3) is 2.47. The van der Waals surface area contributed by atoms with E-state index in [1.54, 1.807) is 12.1 Å². The molecule has 0 spiro atoms. The number of nitro benzene ring substituents is 2. The number of carbonyl (C=O) groups is 1. The molecule has 0 atom stereocenters. The summed E-state index contributed by atoms with van der Waals surface area (Å²) < 4.78 is 0. The molecule has 3 rings (SSSR count). The molecule has 1 aliphatic rings. The predicted molar refractivity (Wildman–Crippen MR) is 86.3 cm³/mol. The standard InChI is InChI=1S/C16H13N3O5/c1-10-13(8-12(18(21)22)9-15(10)19(23)24)16(20)17-7-6-11-4-2-3-5-14(11)17/h2-5,8-9H,6-7H2,1H3. The van der Waals surface area contributed by atoms with E-state index in [1.807, 2.05) is 12.1 Å². The van der Waals surface area contributed by atoms with Crippen LogP contribution in [0.1, 0.15) is 21.5 Å². The fourth-order valence-corrected chi connectivity index (χ4v) is 2.90. The van der Waals surface area contributed by atoms with Crippen LogP contribution in [0.2, 0.25) is 0 Å². The molecular formula is C16H13N3O5. The number of fused-ring (bicyclic) bond motifs is 1. The molecule has 0 fully saturated rings. The van der Waals surface area contributed by atoms with E-state index in [2.05, 4.69) is 0 Å². The largest absolute Gasteiger partial charge is 0.308 e. The number of hydrogen-bond acceptors (Lipinski definition) is 5. The number of amides is 1. The number of benzene rings is 2. The van der Waals surface area contributed by atoms with Gasteiger partial charge in [0.1, 0.15) is 0 Å². The number of hydrogen-bond donors (Lipinski definition) is 0. The van der Waals surface area contributed by atoms with E-state index in [-0.39, 0.29) is 11.1 Å². The van der Waals surface area contributed by atoms with Crippen LogP contribution in [-0.4, -0.2) is 22.3 Å². The lowest BCUT2D eigenvalue weighted by molar-refractivity contribution is -0.394. The molecule has 0 radical (unpaired) electrons. The summed E-state index contributed by atoms with van der Waals surface area (Å²) in [6.07, 6.45) is 0.679. The first-order valence-electron chi connectivity index (χ1n) is 7.23. The molecule has 0 saturated carbocycles. The summed E-state index contributed by atoms with van der Waals surface area (Å²) in [4.78, 5) is 35.1. The summed E-state index contributed by atoms with van der Waals surface area (Å²) in [5.74, 6) is -0.468. The number of anilines is 1. The lowest BCUT2D eigenvalue weighted by Crippen LogP contribution is -2.29. The average Bonchev–Trinajstić information content (AvgIpc) is 2.98. The Morgan fingerprint density at radius 2 is 1.83 bits per heavy atom. The van der Waals surface area contributed by atoms with Crippen molar-refractivity contribution in [1.82, 2.24) is 0 Å². The van der Waals surface area contributed by atoms with Gasteiger partial charge in [-0.15, -0.1) is 0 Å². The Morgan fingerprint density at radius 1 is 1.12 bits per heavy atom. The highest BCUT2D eigenvalue weighted by molar-refractivity contribution is 6.09. The summed E-state index contributed by atoms with van der Waals surface area (Å²) in [6.45, 7) is 1.87. The highest BCUT2D eigenvalue weighted by Gasteiger charge is 2.30. The van der Waals surface area contributed by atoms with E-state index < -0.39 is 27.1 Å². The zero-order valence-electron chi connectivity index (χ0n) is 12.8. The van der Waals surface area contributed by atoms with Gasteiger partial charge in [-0.3, -0.25) is 25.0 Å². The first-order valence-corrected chi connectivity index (χ1v) is 7.23. The van der Waals surface area contributed by atoms with E-state index >= 15 is 0 Å². The molecule has 24 heavy (non-hydrogen) atoms.